The van der Waals surface area contributed by atoms with Crippen molar-refractivity contribution >= 4 is 11.8 Å². The van der Waals surface area contributed by atoms with Crippen LogP contribution in [0.4, 0.5) is 0 Å². The lowest BCUT2D eigenvalue weighted by Crippen LogP contribution is -2.67. The van der Waals surface area contributed by atoms with Gasteiger partial charge in [-0.1, -0.05) is 13.8 Å². The first-order valence-corrected chi connectivity index (χ1v) is 8.40. The highest BCUT2D eigenvalue weighted by atomic mass is 16.5. The second kappa shape index (κ2) is 8.91. The molecule has 0 spiro atoms. The Balaban J connectivity index is 3.04. The Kier molecular flexibility index (Phi) is 7.76. The van der Waals surface area contributed by atoms with Crippen LogP contribution < -0.4 is 10.6 Å². The van der Waals surface area contributed by atoms with Crippen molar-refractivity contribution in [2.45, 2.75) is 70.2 Å². The molecule has 2 amide bonds. The first-order valence-electron chi connectivity index (χ1n) is 8.40. The molecule has 6 atom stereocenters. The molecular weight excluding hydrogens is 332 g/mol. The summed E-state index contributed by atoms with van der Waals surface area (Å²) < 4.78 is 5.73. The summed E-state index contributed by atoms with van der Waals surface area (Å²) in [6, 6.07) is -1.03. The van der Waals surface area contributed by atoms with Gasteiger partial charge in [-0.05, 0) is 12.8 Å². The monoisotopic (exact) mass is 362 g/mol. The second-order valence-corrected chi connectivity index (χ2v) is 7.16. The minimum absolute atomic E-state index is 0.0969. The molecule has 25 heavy (non-hydrogen) atoms. The summed E-state index contributed by atoms with van der Waals surface area (Å²) in [5, 5.41) is 44.6. The van der Waals surface area contributed by atoms with Crippen LogP contribution in [-0.2, 0) is 14.3 Å². The van der Waals surface area contributed by atoms with Gasteiger partial charge in [0.05, 0.1) is 18.8 Å². The number of aliphatic hydroxyl groups excluding tert-OH is 4. The highest BCUT2D eigenvalue weighted by molar-refractivity contribution is 5.85. The van der Waals surface area contributed by atoms with Crippen LogP contribution in [0, 0.1) is 5.92 Å². The first-order chi connectivity index (χ1) is 11.5. The third-order valence-electron chi connectivity index (χ3n) is 4.20. The van der Waals surface area contributed by atoms with Gasteiger partial charge in [-0.25, -0.2) is 0 Å². The maximum atomic E-state index is 12.5. The molecule has 1 heterocycles. The topological polar surface area (TPSA) is 148 Å². The molecule has 1 aliphatic rings. The Morgan fingerprint density at radius 2 is 1.92 bits per heavy atom. The zero-order chi connectivity index (χ0) is 19.4. The van der Waals surface area contributed by atoms with Gasteiger partial charge < -0.3 is 35.8 Å². The van der Waals surface area contributed by atoms with Crippen molar-refractivity contribution in [1.82, 2.24) is 10.6 Å². The van der Waals surface area contributed by atoms with Crippen molar-refractivity contribution in [2.75, 3.05) is 13.2 Å². The van der Waals surface area contributed by atoms with Gasteiger partial charge in [0.1, 0.15) is 23.9 Å². The van der Waals surface area contributed by atoms with Crippen LogP contribution in [0.2, 0.25) is 0 Å². The summed E-state index contributed by atoms with van der Waals surface area (Å²) in [6.45, 7) is 6.24. The van der Waals surface area contributed by atoms with Gasteiger partial charge in [0.15, 0.2) is 0 Å². The Bertz CT molecular complexity index is 473. The molecule has 0 aliphatic carbocycles. The Labute approximate surface area is 147 Å². The average Bonchev–Trinajstić information content (AvgIpc) is 2.53. The lowest BCUT2D eigenvalue weighted by molar-refractivity contribution is -0.215. The van der Waals surface area contributed by atoms with Gasteiger partial charge in [-0.3, -0.25) is 9.59 Å². The van der Waals surface area contributed by atoms with Gasteiger partial charge in [0.25, 0.3) is 5.91 Å². The molecule has 9 heteroatoms. The number of hydrogen-bond donors (Lipinski definition) is 6. The number of carbonyl (C=O) groups excluding carboxylic acids is 2. The van der Waals surface area contributed by atoms with Crippen LogP contribution in [0.5, 0.6) is 0 Å². The number of amides is 2. The molecule has 1 saturated heterocycles. The van der Waals surface area contributed by atoms with E-state index in [1.165, 1.54) is 13.8 Å². The maximum absolute atomic E-state index is 12.5. The summed E-state index contributed by atoms with van der Waals surface area (Å²) in [7, 11) is 0. The molecule has 1 rings (SSSR count). The molecule has 0 saturated carbocycles. The fraction of sp³-hybridized carbons (Fsp3) is 0.875. The largest absolute Gasteiger partial charge is 0.394 e. The Morgan fingerprint density at radius 1 is 1.32 bits per heavy atom. The molecular formula is C16H30N2O7. The van der Waals surface area contributed by atoms with Crippen LogP contribution in [0.25, 0.3) is 0 Å². The molecule has 0 aromatic heterocycles. The molecule has 0 aromatic carbocycles. The van der Waals surface area contributed by atoms with E-state index in [1.807, 2.05) is 13.8 Å². The van der Waals surface area contributed by atoms with Gasteiger partial charge >= 0.3 is 0 Å². The number of nitrogens with one attached hydrogen (secondary N) is 2. The molecule has 6 unspecified atom stereocenters. The normalized spacial score (nSPS) is 32.1. The summed E-state index contributed by atoms with van der Waals surface area (Å²) in [6.07, 6.45) is -5.70. The van der Waals surface area contributed by atoms with Gasteiger partial charge in [-0.15, -0.1) is 0 Å². The van der Waals surface area contributed by atoms with Crippen LogP contribution in [0.3, 0.4) is 0 Å². The van der Waals surface area contributed by atoms with Crippen molar-refractivity contribution in [1.29, 1.82) is 0 Å². The zero-order valence-electron chi connectivity index (χ0n) is 15.1. The van der Waals surface area contributed by atoms with Crippen LogP contribution in [0.1, 0.15) is 34.1 Å². The quantitative estimate of drug-likeness (QED) is 0.303. The van der Waals surface area contributed by atoms with Gasteiger partial charge in [0.2, 0.25) is 5.91 Å². The highest BCUT2D eigenvalue weighted by Gasteiger charge is 2.51. The second-order valence-electron chi connectivity index (χ2n) is 7.16. The minimum atomic E-state index is -1.60. The number of ether oxygens (including phenoxy) is 1. The molecule has 1 fully saturated rings. The summed E-state index contributed by atoms with van der Waals surface area (Å²) >= 11 is 0. The van der Waals surface area contributed by atoms with E-state index < -0.39 is 54.5 Å². The van der Waals surface area contributed by atoms with Gasteiger partial charge in [-0.2, -0.15) is 0 Å². The smallest absolute Gasteiger partial charge is 0.252 e. The van der Waals surface area contributed by atoms with E-state index in [4.69, 9.17) is 9.84 Å². The standard InChI is InChI=1S/C16H30N2O7/c1-8(2)6-17-15(24)16(4)5-10(21)12(18-9(3)20)14(25-16)13(23)11(22)7-19/h8,10-14,19,21-23H,5-7H2,1-4H3,(H,17,24)(H,18,20). The molecule has 0 radical (unpaired) electrons. The van der Waals surface area contributed by atoms with E-state index in [2.05, 4.69) is 10.6 Å². The average molecular weight is 362 g/mol. The minimum Gasteiger partial charge on any atom is -0.394 e. The molecule has 1 aliphatic heterocycles. The van der Waals surface area contributed by atoms with Crippen molar-refractivity contribution in [2.24, 2.45) is 5.92 Å². The predicted octanol–water partition coefficient (Wildman–Crippen LogP) is -2.11. The fourth-order valence-corrected chi connectivity index (χ4v) is 2.82. The zero-order valence-corrected chi connectivity index (χ0v) is 15.1. The number of aliphatic hydroxyl groups is 4. The van der Waals surface area contributed by atoms with E-state index in [-0.39, 0.29) is 12.3 Å². The van der Waals surface area contributed by atoms with Crippen LogP contribution in [-0.4, -0.2) is 81.5 Å². The van der Waals surface area contributed by atoms with E-state index in [0.29, 0.717) is 6.54 Å². The molecule has 146 valence electrons. The van der Waals surface area contributed by atoms with E-state index in [9.17, 15) is 24.9 Å². The number of carbonyl (C=O) groups is 2. The SMILES string of the molecule is CC(=O)NC1C(O)CC(C)(C(=O)NCC(C)C)OC1C(O)C(O)CO. The van der Waals surface area contributed by atoms with Gasteiger partial charge in [0, 0.05) is 19.9 Å². The van der Waals surface area contributed by atoms with Crippen LogP contribution >= 0.6 is 0 Å². The maximum Gasteiger partial charge on any atom is 0.252 e. The van der Waals surface area contributed by atoms with Crippen LogP contribution in [0.15, 0.2) is 0 Å². The summed E-state index contributed by atoms with van der Waals surface area (Å²) in [4.78, 5) is 23.9. The number of hydrogen-bond acceptors (Lipinski definition) is 7. The molecule has 9 nitrogen and oxygen atoms in total. The third kappa shape index (κ3) is 5.61. The number of rotatable bonds is 7. The van der Waals surface area contributed by atoms with Crippen molar-refractivity contribution in [3.05, 3.63) is 0 Å². The Morgan fingerprint density at radius 3 is 2.40 bits per heavy atom. The summed E-state index contributed by atoms with van der Waals surface area (Å²) in [5.41, 5.74) is -1.45. The van der Waals surface area contributed by atoms with E-state index in [1.54, 1.807) is 0 Å². The first kappa shape index (κ1) is 21.8. The fourth-order valence-electron chi connectivity index (χ4n) is 2.82. The van der Waals surface area contributed by atoms with Crippen molar-refractivity contribution in [3.8, 4) is 0 Å². The van der Waals surface area contributed by atoms with E-state index in [0.717, 1.165) is 0 Å². The van der Waals surface area contributed by atoms with E-state index >= 15 is 0 Å². The molecule has 6 N–H and O–H groups in total. The summed E-state index contributed by atoms with van der Waals surface area (Å²) in [5.74, 6) is -0.709. The van der Waals surface area contributed by atoms with Crippen molar-refractivity contribution in [3.63, 3.8) is 0 Å². The molecule has 0 aromatic rings. The lowest BCUT2D eigenvalue weighted by Gasteiger charge is -2.46. The Hall–Kier alpha value is -1.26. The highest BCUT2D eigenvalue weighted by Crippen LogP contribution is 2.32. The molecule has 0 bridgehead atoms. The van der Waals surface area contributed by atoms with Crippen molar-refractivity contribution < 1.29 is 34.8 Å². The lowest BCUT2D eigenvalue weighted by atomic mass is 9.84. The predicted molar refractivity (Wildman–Crippen MR) is 88.5 cm³/mol. The third-order valence-corrected chi connectivity index (χ3v) is 4.20.